The van der Waals surface area contributed by atoms with Gasteiger partial charge in [0.05, 0.1) is 0 Å². The van der Waals surface area contributed by atoms with Crippen molar-refractivity contribution in [2.24, 2.45) is 5.92 Å². The van der Waals surface area contributed by atoms with E-state index < -0.39 is 12.9 Å². The molecule has 1 atom stereocenters. The molecule has 0 aromatic heterocycles. The maximum atomic E-state index is 10.7. The normalized spacial score (nSPS) is 14.0. The zero-order valence-corrected chi connectivity index (χ0v) is 16.9. The molecule has 0 aliphatic carbocycles. The van der Waals surface area contributed by atoms with Crippen molar-refractivity contribution >= 4 is 23.2 Å². The quantitative estimate of drug-likeness (QED) is 0.653. The number of rotatable bonds is 6. The van der Waals surface area contributed by atoms with Gasteiger partial charge < -0.3 is 0 Å². The van der Waals surface area contributed by atoms with E-state index in [4.69, 9.17) is 0 Å². The molecule has 0 aliphatic rings. The molecule has 2 heteroatoms. The van der Waals surface area contributed by atoms with Gasteiger partial charge in [0.15, 0.2) is 0 Å². The molecule has 3 rings (SSSR count). The summed E-state index contributed by atoms with van der Waals surface area (Å²) >= 11 is 0. The molecule has 0 radical (unpaired) electrons. The molecule has 0 spiro atoms. The summed E-state index contributed by atoms with van der Waals surface area (Å²) in [5.41, 5.74) is -0.712. The van der Waals surface area contributed by atoms with Crippen LogP contribution in [0.4, 0.5) is 0 Å². The molecule has 0 saturated heterocycles. The molecule has 0 saturated carbocycles. The van der Waals surface area contributed by atoms with Gasteiger partial charge in [-0.15, -0.1) is 0 Å². The van der Waals surface area contributed by atoms with Crippen molar-refractivity contribution in [3.63, 3.8) is 0 Å². The predicted molar refractivity (Wildman–Crippen MR) is 117 cm³/mol. The Morgan fingerprint density at radius 1 is 0.692 bits per heavy atom. The molecule has 1 N–H and O–H groups in total. The summed E-state index contributed by atoms with van der Waals surface area (Å²) in [6.07, 6.45) is 0.967. The van der Waals surface area contributed by atoms with Crippen LogP contribution in [-0.4, -0.2) is 16.9 Å². The van der Waals surface area contributed by atoms with Crippen LogP contribution >= 0.6 is 7.26 Å². The first-order valence-electron chi connectivity index (χ1n) is 9.33. The number of benzene rings is 3. The van der Waals surface area contributed by atoms with Crippen molar-refractivity contribution in [3.8, 4) is 0 Å². The molecule has 3 aromatic carbocycles. The Hall–Kier alpha value is -1.95. The number of aliphatic hydroxyl groups is 1. The topological polar surface area (TPSA) is 20.2 Å². The van der Waals surface area contributed by atoms with Crippen LogP contribution in [0.15, 0.2) is 91.0 Å². The van der Waals surface area contributed by atoms with Crippen LogP contribution in [0.1, 0.15) is 20.8 Å². The van der Waals surface area contributed by atoms with Gasteiger partial charge in [-0.25, -0.2) is 0 Å². The zero-order chi connectivity index (χ0) is 18.6. The van der Waals surface area contributed by atoms with Crippen LogP contribution in [0.5, 0.6) is 0 Å². The fraction of sp³-hybridized carbons (Fsp3) is 0.250. The molecule has 3 aromatic rings. The molecular formula is C24H29OP. The van der Waals surface area contributed by atoms with E-state index in [9.17, 15) is 5.11 Å². The Balaban J connectivity index is 2.28. The van der Waals surface area contributed by atoms with Crippen molar-refractivity contribution in [3.05, 3.63) is 91.0 Å². The molecule has 0 heterocycles. The second-order valence-electron chi connectivity index (χ2n) is 7.76. The molecule has 0 aliphatic heterocycles. The van der Waals surface area contributed by atoms with Crippen molar-refractivity contribution in [1.82, 2.24) is 0 Å². The summed E-state index contributed by atoms with van der Waals surface area (Å²) in [6.45, 7) is 6.03. The van der Waals surface area contributed by atoms with E-state index in [-0.39, 0.29) is 5.92 Å². The number of hydrogen-bond donors (Lipinski definition) is 1. The monoisotopic (exact) mass is 364 g/mol. The summed E-state index contributed by atoms with van der Waals surface area (Å²) in [6, 6.07) is 32.7. The van der Waals surface area contributed by atoms with Crippen molar-refractivity contribution in [1.29, 1.82) is 0 Å². The van der Waals surface area contributed by atoms with Crippen LogP contribution in [0.25, 0.3) is 0 Å². The van der Waals surface area contributed by atoms with Gasteiger partial charge >= 0.3 is 158 Å². The van der Waals surface area contributed by atoms with Gasteiger partial charge in [-0.1, -0.05) is 0 Å². The van der Waals surface area contributed by atoms with E-state index in [0.29, 0.717) is 0 Å². The average molecular weight is 364 g/mol. The summed E-state index contributed by atoms with van der Waals surface area (Å²) < 4.78 is 0. The van der Waals surface area contributed by atoms with Crippen molar-refractivity contribution in [2.45, 2.75) is 26.4 Å². The molecule has 0 amide bonds. The van der Waals surface area contributed by atoms with Gasteiger partial charge in [0, 0.05) is 0 Å². The Labute approximate surface area is 158 Å². The zero-order valence-electron chi connectivity index (χ0n) is 15.9. The predicted octanol–water partition coefficient (Wildman–Crippen LogP) is 4.12. The van der Waals surface area contributed by atoms with Gasteiger partial charge in [0.25, 0.3) is 0 Å². The van der Waals surface area contributed by atoms with E-state index >= 15 is 0 Å². The van der Waals surface area contributed by atoms with E-state index in [1.165, 1.54) is 15.9 Å². The summed E-state index contributed by atoms with van der Waals surface area (Å²) in [4.78, 5) is 0. The Morgan fingerprint density at radius 3 is 1.27 bits per heavy atom. The van der Waals surface area contributed by atoms with Crippen molar-refractivity contribution in [2.75, 3.05) is 6.16 Å². The van der Waals surface area contributed by atoms with Gasteiger partial charge in [-0.3, -0.25) is 0 Å². The van der Waals surface area contributed by atoms with Crippen LogP contribution in [-0.2, 0) is 0 Å². The molecular weight excluding hydrogens is 335 g/mol. The first-order valence-corrected chi connectivity index (χ1v) is 11.5. The van der Waals surface area contributed by atoms with Crippen LogP contribution in [0, 0.1) is 5.92 Å². The number of hydrogen-bond acceptors (Lipinski definition) is 1. The second-order valence-corrected chi connectivity index (χ2v) is 11.7. The van der Waals surface area contributed by atoms with Gasteiger partial charge in [0.2, 0.25) is 0 Å². The molecule has 0 fully saturated rings. The fourth-order valence-corrected chi connectivity index (χ4v) is 9.14. The Kier molecular flexibility index (Phi) is 5.61. The Bertz CT molecular complexity index is 710. The van der Waals surface area contributed by atoms with Crippen molar-refractivity contribution < 1.29 is 5.11 Å². The van der Waals surface area contributed by atoms with Gasteiger partial charge in [-0.2, -0.15) is 0 Å². The van der Waals surface area contributed by atoms with Crippen LogP contribution in [0.3, 0.4) is 0 Å². The standard InChI is InChI=1S/C24H29OP/c1-20(24(2,3)25)19-26(21-13-7-4-8-14-21,22-15-9-5-10-16-22)23-17-11-6-12-18-23/h4-18,20,25-26H,19H2,1-3H3. The molecule has 1 nitrogen and oxygen atoms in total. The van der Waals surface area contributed by atoms with Crippen LogP contribution < -0.4 is 15.9 Å². The van der Waals surface area contributed by atoms with Gasteiger partial charge in [-0.05, 0) is 0 Å². The van der Waals surface area contributed by atoms with E-state index in [0.717, 1.165) is 6.16 Å². The van der Waals surface area contributed by atoms with E-state index in [1.807, 2.05) is 13.8 Å². The van der Waals surface area contributed by atoms with Gasteiger partial charge in [0.1, 0.15) is 0 Å². The molecule has 26 heavy (non-hydrogen) atoms. The summed E-state index contributed by atoms with van der Waals surface area (Å²) in [5.74, 6) is 0.176. The summed E-state index contributed by atoms with van der Waals surface area (Å²) in [7, 11) is -2.26. The summed E-state index contributed by atoms with van der Waals surface area (Å²) in [5, 5.41) is 14.9. The maximum absolute atomic E-state index is 10.7. The third-order valence-electron chi connectivity index (χ3n) is 5.62. The van der Waals surface area contributed by atoms with Crippen LogP contribution in [0.2, 0.25) is 0 Å². The minimum absolute atomic E-state index is 0.176. The first-order chi connectivity index (χ1) is 12.4. The average Bonchev–Trinajstić information content (AvgIpc) is 2.67. The van der Waals surface area contributed by atoms with E-state index in [1.54, 1.807) is 0 Å². The molecule has 0 bridgehead atoms. The first kappa shape index (κ1) is 18.8. The SMILES string of the molecule is CC(C[PH](c1ccccc1)(c1ccccc1)c1ccccc1)C(C)(C)O. The third-order valence-corrected chi connectivity index (χ3v) is 10.8. The third kappa shape index (κ3) is 3.75. The fourth-order valence-electron chi connectivity index (χ4n) is 3.73. The minimum atomic E-state index is -2.26. The van der Waals surface area contributed by atoms with E-state index in [2.05, 4.69) is 97.9 Å². The Morgan fingerprint density at radius 2 is 1.00 bits per heavy atom. The molecule has 1 unspecified atom stereocenters. The second kappa shape index (κ2) is 7.74. The molecule has 136 valence electrons.